The number of piperidine rings is 1. The first kappa shape index (κ1) is 25.2. The van der Waals surface area contributed by atoms with E-state index in [1.807, 2.05) is 31.2 Å². The summed E-state index contributed by atoms with van der Waals surface area (Å²) in [6, 6.07) is 7.95. The Morgan fingerprint density at radius 2 is 1.92 bits per heavy atom. The van der Waals surface area contributed by atoms with Crippen molar-refractivity contribution < 1.29 is 18.1 Å². The van der Waals surface area contributed by atoms with Gasteiger partial charge < -0.3 is 9.64 Å². The summed E-state index contributed by atoms with van der Waals surface area (Å²) in [4.78, 5) is 20.9. The van der Waals surface area contributed by atoms with Gasteiger partial charge in [0.25, 0.3) is 5.91 Å². The van der Waals surface area contributed by atoms with Gasteiger partial charge in [0.2, 0.25) is 0 Å². The van der Waals surface area contributed by atoms with Crippen molar-refractivity contribution in [2.24, 2.45) is 0 Å². The molecule has 0 saturated carbocycles. The van der Waals surface area contributed by atoms with Gasteiger partial charge in [-0.25, -0.2) is 4.39 Å². The molecule has 1 aromatic heterocycles. The lowest BCUT2D eigenvalue weighted by molar-refractivity contribution is -0.0392. The van der Waals surface area contributed by atoms with Crippen LogP contribution in [-0.4, -0.2) is 106 Å². The number of nitrogens with zero attached hydrogens (tertiary/aromatic N) is 5. The number of carbonyl (C=O) groups excluding carboxylic acids is 1. The number of fused-ring (bicyclic) bond motifs is 3. The van der Waals surface area contributed by atoms with Crippen molar-refractivity contribution in [2.45, 2.75) is 48.5 Å². The van der Waals surface area contributed by atoms with E-state index < -0.39 is 16.5 Å². The fourth-order valence-corrected chi connectivity index (χ4v) is 7.50. The largest absolute Gasteiger partial charge is 0.378 e. The number of hydrogen-bond acceptors (Lipinski definition) is 6. The summed E-state index contributed by atoms with van der Waals surface area (Å²) < 4.78 is 35.0. The second-order valence-corrected chi connectivity index (χ2v) is 12.2. The molecule has 2 atom stereocenters. The fourth-order valence-electron chi connectivity index (χ4n) is 6.17. The first-order valence-corrected chi connectivity index (χ1v) is 14.9. The first-order chi connectivity index (χ1) is 18.0. The molecule has 200 valence electrons. The number of halogens is 1. The molecular formula is C27H36FN5O3S. The van der Waals surface area contributed by atoms with Gasteiger partial charge in [-0.15, -0.1) is 0 Å². The molecule has 4 aliphatic rings. The van der Waals surface area contributed by atoms with Crippen LogP contribution in [0.25, 0.3) is 11.3 Å². The molecule has 0 aliphatic carbocycles. The zero-order valence-corrected chi connectivity index (χ0v) is 22.3. The van der Waals surface area contributed by atoms with Crippen LogP contribution in [0.3, 0.4) is 0 Å². The lowest BCUT2D eigenvalue weighted by atomic mass is 9.93. The molecule has 2 aromatic rings. The molecule has 1 amide bonds. The van der Waals surface area contributed by atoms with E-state index in [1.165, 1.54) is 0 Å². The Bertz CT molecular complexity index is 1190. The summed E-state index contributed by atoms with van der Waals surface area (Å²) in [5.41, 5.74) is 2.12. The average Bonchev–Trinajstić information content (AvgIpc) is 3.30. The normalized spacial score (nSPS) is 25.8. The predicted octanol–water partition coefficient (Wildman–Crippen LogP) is 2.71. The third-order valence-corrected chi connectivity index (χ3v) is 9.78. The molecule has 3 saturated heterocycles. The van der Waals surface area contributed by atoms with Gasteiger partial charge in [0.15, 0.2) is 5.69 Å². The number of benzene rings is 1. The second-order valence-electron chi connectivity index (χ2n) is 10.8. The van der Waals surface area contributed by atoms with Crippen molar-refractivity contribution in [3.63, 3.8) is 0 Å². The summed E-state index contributed by atoms with van der Waals surface area (Å²) in [7, 11) is -1.21. The van der Waals surface area contributed by atoms with Crippen LogP contribution in [0.2, 0.25) is 0 Å². The zero-order valence-electron chi connectivity index (χ0n) is 21.5. The molecular weight excluding hydrogens is 493 g/mol. The molecule has 37 heavy (non-hydrogen) atoms. The topological polar surface area (TPSA) is 70.9 Å². The highest BCUT2D eigenvalue weighted by molar-refractivity contribution is 7.84. The van der Waals surface area contributed by atoms with Gasteiger partial charge in [-0.2, -0.15) is 5.10 Å². The van der Waals surface area contributed by atoms with Crippen molar-refractivity contribution >= 4 is 16.7 Å². The molecule has 4 aliphatic heterocycles. The van der Waals surface area contributed by atoms with Crippen LogP contribution in [0, 0.1) is 0 Å². The number of alkyl halides is 1. The summed E-state index contributed by atoms with van der Waals surface area (Å²) in [5, 5.41) is 4.97. The monoisotopic (exact) mass is 529 g/mol. The summed E-state index contributed by atoms with van der Waals surface area (Å²) >= 11 is 0. The molecule has 0 bridgehead atoms. The lowest BCUT2D eigenvalue weighted by Gasteiger charge is -2.45. The maximum Gasteiger partial charge on any atom is 0.274 e. The number of carbonyl (C=O) groups is 1. The van der Waals surface area contributed by atoms with Crippen LogP contribution in [0.15, 0.2) is 29.2 Å². The highest BCUT2D eigenvalue weighted by Crippen LogP contribution is 2.40. The smallest absolute Gasteiger partial charge is 0.274 e. The van der Waals surface area contributed by atoms with E-state index in [9.17, 15) is 13.4 Å². The third kappa shape index (κ3) is 4.77. The van der Waals surface area contributed by atoms with E-state index in [-0.39, 0.29) is 11.9 Å². The molecule has 6 rings (SSSR count). The standard InChI is InChI=1S/C27H36FN5O3S/c1-2-27(28)18-31(19-27)11-10-30-9-5-6-20(16-30)33-25-21-7-3-4-8-23(21)37(35)17-22(25)24(29-33)26(34)32-12-14-36-15-13-32/h3-4,7-8,20H,2,5-6,9-19H2,1H3. The number of likely N-dealkylation sites (tertiary alicyclic amines) is 2. The molecule has 10 heteroatoms. The molecule has 2 unspecified atom stereocenters. The Morgan fingerprint density at radius 1 is 1.16 bits per heavy atom. The quantitative estimate of drug-likeness (QED) is 0.573. The van der Waals surface area contributed by atoms with Crippen LogP contribution < -0.4 is 0 Å². The van der Waals surface area contributed by atoms with Gasteiger partial charge in [0, 0.05) is 61.8 Å². The minimum Gasteiger partial charge on any atom is -0.378 e. The molecule has 0 N–H and O–H groups in total. The van der Waals surface area contributed by atoms with E-state index in [4.69, 9.17) is 9.84 Å². The van der Waals surface area contributed by atoms with Crippen molar-refractivity contribution in [2.75, 3.05) is 65.6 Å². The number of hydrogen-bond donors (Lipinski definition) is 0. The summed E-state index contributed by atoms with van der Waals surface area (Å²) in [6.45, 7) is 8.77. The van der Waals surface area contributed by atoms with Crippen molar-refractivity contribution in [3.05, 3.63) is 35.5 Å². The highest BCUT2D eigenvalue weighted by atomic mass is 32.2. The number of ether oxygens (including phenoxy) is 1. The van der Waals surface area contributed by atoms with E-state index >= 15 is 0 Å². The van der Waals surface area contributed by atoms with E-state index in [2.05, 4.69) is 14.5 Å². The van der Waals surface area contributed by atoms with Crippen LogP contribution in [0.4, 0.5) is 4.39 Å². The van der Waals surface area contributed by atoms with Crippen molar-refractivity contribution in [3.8, 4) is 11.3 Å². The Balaban J connectivity index is 1.27. The van der Waals surface area contributed by atoms with Crippen molar-refractivity contribution in [1.29, 1.82) is 0 Å². The zero-order chi connectivity index (χ0) is 25.6. The first-order valence-electron chi connectivity index (χ1n) is 13.6. The van der Waals surface area contributed by atoms with Crippen LogP contribution in [0.5, 0.6) is 0 Å². The van der Waals surface area contributed by atoms with Gasteiger partial charge in [0.1, 0.15) is 5.67 Å². The maximum absolute atomic E-state index is 14.3. The Morgan fingerprint density at radius 3 is 2.70 bits per heavy atom. The molecule has 0 radical (unpaired) electrons. The van der Waals surface area contributed by atoms with Gasteiger partial charge >= 0.3 is 0 Å². The van der Waals surface area contributed by atoms with Crippen LogP contribution >= 0.6 is 0 Å². The third-order valence-electron chi connectivity index (χ3n) is 8.38. The predicted molar refractivity (Wildman–Crippen MR) is 140 cm³/mol. The molecule has 5 heterocycles. The number of amides is 1. The fraction of sp³-hybridized carbons (Fsp3) is 0.630. The summed E-state index contributed by atoms with van der Waals surface area (Å²) in [6.07, 6.45) is 2.60. The van der Waals surface area contributed by atoms with E-state index in [0.717, 1.165) is 60.7 Å². The average molecular weight is 530 g/mol. The number of rotatable bonds is 6. The minimum absolute atomic E-state index is 0.0919. The van der Waals surface area contributed by atoms with E-state index in [0.29, 0.717) is 57.3 Å². The Hall–Kier alpha value is -2.14. The minimum atomic E-state index is -1.21. The maximum atomic E-state index is 14.3. The second kappa shape index (κ2) is 10.2. The number of aromatic nitrogens is 2. The highest BCUT2D eigenvalue weighted by Gasteiger charge is 2.41. The van der Waals surface area contributed by atoms with Crippen molar-refractivity contribution in [1.82, 2.24) is 24.5 Å². The SMILES string of the molecule is CCC1(F)CN(CCN2CCCC(n3nc(C(=O)N4CCOCC4)c4c3-c3ccccc3S(=O)C4)C2)C1. The summed E-state index contributed by atoms with van der Waals surface area (Å²) in [5.74, 6) is 0.219. The molecule has 1 aromatic carbocycles. The lowest BCUT2D eigenvalue weighted by Crippen LogP contribution is -2.60. The Kier molecular flexibility index (Phi) is 6.94. The van der Waals surface area contributed by atoms with Crippen LogP contribution in [0.1, 0.15) is 48.3 Å². The Labute approximate surface area is 220 Å². The molecule has 3 fully saturated rings. The molecule has 0 spiro atoms. The van der Waals surface area contributed by atoms with Crippen LogP contribution in [-0.2, 0) is 21.3 Å². The van der Waals surface area contributed by atoms with Gasteiger partial charge in [-0.3, -0.25) is 23.5 Å². The number of morpholine rings is 1. The van der Waals surface area contributed by atoms with Gasteiger partial charge in [-0.05, 0) is 31.9 Å². The van der Waals surface area contributed by atoms with Gasteiger partial charge in [-0.1, -0.05) is 25.1 Å². The molecule has 8 nitrogen and oxygen atoms in total. The van der Waals surface area contributed by atoms with E-state index in [1.54, 1.807) is 4.90 Å². The van der Waals surface area contributed by atoms with Gasteiger partial charge in [0.05, 0.1) is 41.5 Å².